The molecule has 0 fully saturated rings. The minimum Gasteiger partial charge on any atom is -0.365 e. The lowest BCUT2D eigenvalue weighted by Gasteiger charge is -2.23. The molecule has 0 aliphatic heterocycles. The van der Waals surface area contributed by atoms with Gasteiger partial charge in [-0.05, 0) is 42.3 Å². The molecule has 2 N–H and O–H groups in total. The van der Waals surface area contributed by atoms with E-state index in [4.69, 9.17) is 17.3 Å². The van der Waals surface area contributed by atoms with Gasteiger partial charge < -0.3 is 5.73 Å². The zero-order valence-electron chi connectivity index (χ0n) is 16.5. The van der Waals surface area contributed by atoms with E-state index in [0.717, 1.165) is 22.5 Å². The molecular weight excluding hydrogens is 434 g/mol. The fourth-order valence-electron chi connectivity index (χ4n) is 3.14. The van der Waals surface area contributed by atoms with Crippen molar-refractivity contribution < 1.29 is 9.59 Å². The summed E-state index contributed by atoms with van der Waals surface area (Å²) in [6, 6.07) is 14.5. The number of carbonyl (C=O) groups excluding carboxylic acids is 2. The smallest absolute Gasteiger partial charge is 0.264 e. The number of hydrogen-bond acceptors (Lipinski definition) is 5. The van der Waals surface area contributed by atoms with Gasteiger partial charge in [-0.2, -0.15) is 5.10 Å². The summed E-state index contributed by atoms with van der Waals surface area (Å²) in [7, 11) is 0. The molecule has 4 rings (SSSR count). The van der Waals surface area contributed by atoms with E-state index in [1.807, 2.05) is 43.5 Å². The van der Waals surface area contributed by atoms with E-state index in [-0.39, 0.29) is 10.8 Å². The number of aryl methyl sites for hydroxylation is 1. The average molecular weight is 452 g/mol. The van der Waals surface area contributed by atoms with Gasteiger partial charge in [-0.1, -0.05) is 47.2 Å². The third kappa shape index (κ3) is 4.35. The molecule has 0 atom stereocenters. The van der Waals surface area contributed by atoms with Crippen LogP contribution in [0.5, 0.6) is 0 Å². The van der Waals surface area contributed by atoms with E-state index < -0.39 is 5.91 Å². The standard InChI is InChI=1S/C22H18ClN5O2S/c1-14-4-2-5-17(23)19(14)28(22-25-12-18(31-22)20(24)29)21(30)16-8-6-15(7-9-16)13-27-11-3-10-26-27/h2-12H,13H2,1H3,(H2,24,29). The number of carbonyl (C=O) groups is 2. The molecule has 31 heavy (non-hydrogen) atoms. The predicted molar refractivity (Wildman–Crippen MR) is 121 cm³/mol. The Kier molecular flexibility index (Phi) is 5.83. The Morgan fingerprint density at radius 3 is 2.55 bits per heavy atom. The fraction of sp³-hybridized carbons (Fsp3) is 0.0909. The summed E-state index contributed by atoms with van der Waals surface area (Å²) < 4.78 is 1.80. The topological polar surface area (TPSA) is 94.1 Å². The first-order valence-corrected chi connectivity index (χ1v) is 10.5. The molecule has 0 aliphatic rings. The Balaban J connectivity index is 1.72. The molecule has 7 nitrogen and oxygen atoms in total. The molecule has 2 amide bonds. The predicted octanol–water partition coefficient (Wildman–Crippen LogP) is 4.43. The molecule has 0 saturated carbocycles. The van der Waals surface area contributed by atoms with E-state index in [1.165, 1.54) is 11.1 Å². The number of aromatic nitrogens is 3. The second-order valence-corrected chi connectivity index (χ2v) is 8.23. The summed E-state index contributed by atoms with van der Waals surface area (Å²) in [6.07, 6.45) is 4.96. The van der Waals surface area contributed by atoms with Crippen molar-refractivity contribution in [1.29, 1.82) is 0 Å². The summed E-state index contributed by atoms with van der Waals surface area (Å²) in [5.74, 6) is -0.915. The molecule has 4 aromatic rings. The quantitative estimate of drug-likeness (QED) is 0.469. The van der Waals surface area contributed by atoms with Gasteiger partial charge in [0.15, 0.2) is 5.13 Å². The van der Waals surface area contributed by atoms with Crippen LogP contribution < -0.4 is 10.6 Å². The molecule has 0 radical (unpaired) electrons. The van der Waals surface area contributed by atoms with Crippen LogP contribution in [0.15, 0.2) is 67.1 Å². The zero-order chi connectivity index (χ0) is 22.0. The van der Waals surface area contributed by atoms with Crippen LogP contribution in [0.3, 0.4) is 0 Å². The van der Waals surface area contributed by atoms with Gasteiger partial charge in [0.2, 0.25) is 0 Å². The van der Waals surface area contributed by atoms with E-state index in [9.17, 15) is 9.59 Å². The first-order chi connectivity index (χ1) is 14.9. The third-order valence-electron chi connectivity index (χ3n) is 4.65. The third-order valence-corrected chi connectivity index (χ3v) is 5.95. The molecule has 0 bridgehead atoms. The van der Waals surface area contributed by atoms with Crippen LogP contribution in [0.2, 0.25) is 5.02 Å². The lowest BCUT2D eigenvalue weighted by Crippen LogP contribution is -2.27. The molecule has 0 aliphatic carbocycles. The summed E-state index contributed by atoms with van der Waals surface area (Å²) in [5.41, 5.74) is 8.16. The van der Waals surface area contributed by atoms with Crippen molar-refractivity contribution in [3.63, 3.8) is 0 Å². The van der Waals surface area contributed by atoms with E-state index in [2.05, 4.69) is 10.1 Å². The maximum Gasteiger partial charge on any atom is 0.264 e. The highest BCUT2D eigenvalue weighted by atomic mass is 35.5. The minimum atomic E-state index is -0.602. The highest BCUT2D eigenvalue weighted by Gasteiger charge is 2.26. The molecule has 2 heterocycles. The van der Waals surface area contributed by atoms with Crippen molar-refractivity contribution in [3.8, 4) is 0 Å². The van der Waals surface area contributed by atoms with Gasteiger partial charge in [0.05, 0.1) is 23.5 Å². The van der Waals surface area contributed by atoms with Gasteiger partial charge in [-0.15, -0.1) is 0 Å². The number of nitrogens with zero attached hydrogens (tertiary/aromatic N) is 4. The van der Waals surface area contributed by atoms with Crippen molar-refractivity contribution >= 4 is 45.6 Å². The highest BCUT2D eigenvalue weighted by molar-refractivity contribution is 7.17. The Labute approximate surface area is 187 Å². The molecule has 2 aromatic heterocycles. The molecule has 156 valence electrons. The summed E-state index contributed by atoms with van der Waals surface area (Å²) in [5, 5.41) is 4.91. The molecular formula is C22H18ClN5O2S. The summed E-state index contributed by atoms with van der Waals surface area (Å²) in [6.45, 7) is 2.46. The number of hydrogen-bond donors (Lipinski definition) is 1. The fourth-order valence-corrected chi connectivity index (χ4v) is 4.22. The number of thiazole rings is 1. The van der Waals surface area contributed by atoms with E-state index in [0.29, 0.717) is 27.9 Å². The Hall–Kier alpha value is -3.49. The van der Waals surface area contributed by atoms with Crippen LogP contribution in [-0.2, 0) is 6.54 Å². The number of nitrogens with two attached hydrogens (primary N) is 1. The second kappa shape index (κ2) is 8.71. The van der Waals surface area contributed by atoms with Crippen LogP contribution in [0.4, 0.5) is 10.8 Å². The molecule has 2 aromatic carbocycles. The number of benzene rings is 2. The first kappa shape index (κ1) is 20.8. The normalized spacial score (nSPS) is 10.8. The van der Waals surface area contributed by atoms with Gasteiger partial charge in [0.25, 0.3) is 11.8 Å². The largest absolute Gasteiger partial charge is 0.365 e. The average Bonchev–Trinajstić information content (AvgIpc) is 3.43. The molecule has 0 spiro atoms. The van der Waals surface area contributed by atoms with Gasteiger partial charge in [0.1, 0.15) is 4.88 Å². The van der Waals surface area contributed by atoms with Gasteiger partial charge in [-0.25, -0.2) is 4.98 Å². The van der Waals surface area contributed by atoms with Crippen LogP contribution in [0, 0.1) is 6.92 Å². The Morgan fingerprint density at radius 2 is 1.94 bits per heavy atom. The van der Waals surface area contributed by atoms with Gasteiger partial charge >= 0.3 is 0 Å². The van der Waals surface area contributed by atoms with Crippen LogP contribution >= 0.6 is 22.9 Å². The minimum absolute atomic E-state index is 0.257. The number of para-hydroxylation sites is 1. The van der Waals surface area contributed by atoms with Crippen LogP contribution in [0.1, 0.15) is 31.2 Å². The van der Waals surface area contributed by atoms with Gasteiger partial charge in [0, 0.05) is 18.0 Å². The Morgan fingerprint density at radius 1 is 1.16 bits per heavy atom. The second-order valence-electron chi connectivity index (χ2n) is 6.82. The van der Waals surface area contributed by atoms with Crippen molar-refractivity contribution in [2.75, 3.05) is 4.90 Å². The molecule has 0 unspecified atom stereocenters. The lowest BCUT2D eigenvalue weighted by atomic mass is 10.1. The number of anilines is 2. The van der Waals surface area contributed by atoms with Gasteiger partial charge in [-0.3, -0.25) is 19.2 Å². The van der Waals surface area contributed by atoms with E-state index >= 15 is 0 Å². The number of amides is 2. The van der Waals surface area contributed by atoms with Crippen LogP contribution in [-0.4, -0.2) is 26.6 Å². The van der Waals surface area contributed by atoms with E-state index in [1.54, 1.807) is 29.1 Å². The highest BCUT2D eigenvalue weighted by Crippen LogP contribution is 2.38. The SMILES string of the molecule is Cc1cccc(Cl)c1N(C(=O)c1ccc(Cn2cccn2)cc1)c1ncc(C(N)=O)s1. The molecule has 9 heteroatoms. The summed E-state index contributed by atoms with van der Waals surface area (Å²) >= 11 is 7.50. The lowest BCUT2D eigenvalue weighted by molar-refractivity contribution is 0.0992. The number of rotatable bonds is 6. The monoisotopic (exact) mass is 451 g/mol. The Bertz CT molecular complexity index is 1220. The zero-order valence-corrected chi connectivity index (χ0v) is 18.1. The van der Waals surface area contributed by atoms with Crippen molar-refractivity contribution in [1.82, 2.24) is 14.8 Å². The maximum absolute atomic E-state index is 13.6. The number of primary amides is 1. The van der Waals surface area contributed by atoms with Crippen LogP contribution in [0.25, 0.3) is 0 Å². The first-order valence-electron chi connectivity index (χ1n) is 9.35. The van der Waals surface area contributed by atoms with Crippen molar-refractivity contribution in [3.05, 3.63) is 93.7 Å². The van der Waals surface area contributed by atoms with Crippen molar-refractivity contribution in [2.24, 2.45) is 5.73 Å². The maximum atomic E-state index is 13.6. The van der Waals surface area contributed by atoms with Crippen molar-refractivity contribution in [2.45, 2.75) is 13.5 Å². The summed E-state index contributed by atoms with van der Waals surface area (Å²) in [4.78, 5) is 31.1. The molecule has 0 saturated heterocycles. The number of halogens is 1.